The van der Waals surface area contributed by atoms with Crippen molar-refractivity contribution in [3.8, 4) is 5.75 Å². The molecule has 0 N–H and O–H groups in total. The summed E-state index contributed by atoms with van der Waals surface area (Å²) in [5, 5.41) is 0.359. The van der Waals surface area contributed by atoms with Gasteiger partial charge < -0.3 is 18.9 Å². The third-order valence-corrected chi connectivity index (χ3v) is 4.92. The number of rotatable bonds is 4. The van der Waals surface area contributed by atoms with E-state index < -0.39 is 11.3 Å². The van der Waals surface area contributed by atoms with E-state index in [1.54, 1.807) is 6.07 Å². The summed E-state index contributed by atoms with van der Waals surface area (Å²) < 4.78 is 36.2. The van der Waals surface area contributed by atoms with Crippen LogP contribution in [-0.4, -0.2) is 50.3 Å². The van der Waals surface area contributed by atoms with Crippen LogP contribution in [0.1, 0.15) is 24.1 Å². The minimum Gasteiger partial charge on any atom is -0.493 e. The van der Waals surface area contributed by atoms with Gasteiger partial charge in [-0.3, -0.25) is 0 Å². The third kappa shape index (κ3) is 2.82. The van der Waals surface area contributed by atoms with Gasteiger partial charge in [0.1, 0.15) is 16.5 Å². The topological polar surface area (TPSA) is 49.8 Å². The van der Waals surface area contributed by atoms with Crippen molar-refractivity contribution in [3.63, 3.8) is 0 Å². The second-order valence-electron chi connectivity index (χ2n) is 6.41. The van der Waals surface area contributed by atoms with E-state index in [0.29, 0.717) is 43.6 Å². The van der Waals surface area contributed by atoms with Gasteiger partial charge in [-0.15, -0.1) is 0 Å². The maximum atomic E-state index is 14.0. The van der Waals surface area contributed by atoms with Crippen molar-refractivity contribution in [1.82, 2.24) is 4.98 Å². The Bertz CT molecular complexity index is 602. The number of hydrogen-bond donors (Lipinski definition) is 0. The molecule has 0 saturated carbocycles. The Morgan fingerprint density at radius 3 is 2.83 bits per heavy atom. The molecular weight excluding hydrogens is 325 g/mol. The van der Waals surface area contributed by atoms with E-state index >= 15 is 0 Å². The van der Waals surface area contributed by atoms with Crippen molar-refractivity contribution in [2.75, 3.05) is 39.6 Å². The summed E-state index contributed by atoms with van der Waals surface area (Å²) in [5.74, 6) is 0.679. The van der Waals surface area contributed by atoms with E-state index in [9.17, 15) is 4.39 Å². The van der Waals surface area contributed by atoms with Crippen LogP contribution in [0.2, 0.25) is 5.15 Å². The van der Waals surface area contributed by atoms with Crippen LogP contribution in [0.5, 0.6) is 5.75 Å². The van der Waals surface area contributed by atoms with Crippen LogP contribution in [0, 0.1) is 0 Å². The highest BCUT2D eigenvalue weighted by molar-refractivity contribution is 6.29. The van der Waals surface area contributed by atoms with Crippen molar-refractivity contribution >= 4 is 11.6 Å². The first-order chi connectivity index (χ1) is 11.1. The lowest BCUT2D eigenvalue weighted by Gasteiger charge is -2.35. The molecule has 2 fully saturated rings. The SMILES string of the molecule is FC1(CCOc2cc(Cl)nc3c2CCOC32CCOC2)COC1. The minimum atomic E-state index is -1.25. The van der Waals surface area contributed by atoms with Gasteiger partial charge in [0.2, 0.25) is 0 Å². The Balaban J connectivity index is 1.56. The molecule has 0 aliphatic carbocycles. The van der Waals surface area contributed by atoms with Gasteiger partial charge in [0.25, 0.3) is 0 Å². The number of nitrogens with zero attached hydrogens (tertiary/aromatic N) is 1. The average Bonchev–Trinajstić information content (AvgIpc) is 2.96. The maximum absolute atomic E-state index is 14.0. The summed E-state index contributed by atoms with van der Waals surface area (Å²) in [6.45, 7) is 2.32. The standard InChI is InChI=1S/C16H19ClFNO4/c17-13-7-12(22-6-2-15(18)8-21-9-15)11-1-4-23-16(14(11)19-13)3-5-20-10-16/h7H,1-6,8-10H2. The van der Waals surface area contributed by atoms with Crippen LogP contribution in [-0.2, 0) is 26.2 Å². The molecule has 4 rings (SSSR count). The number of halogens is 2. The first-order valence-electron chi connectivity index (χ1n) is 7.91. The van der Waals surface area contributed by atoms with Gasteiger partial charge in [-0.1, -0.05) is 11.6 Å². The molecular formula is C16H19ClFNO4. The lowest BCUT2D eigenvalue weighted by atomic mass is 9.90. The number of hydrogen-bond acceptors (Lipinski definition) is 5. The summed E-state index contributed by atoms with van der Waals surface area (Å²) in [7, 11) is 0. The zero-order chi connectivity index (χ0) is 15.9. The number of ether oxygens (including phenoxy) is 4. The molecule has 4 heterocycles. The van der Waals surface area contributed by atoms with E-state index in [0.717, 1.165) is 17.7 Å². The highest BCUT2D eigenvalue weighted by Crippen LogP contribution is 2.42. The quantitative estimate of drug-likeness (QED) is 0.786. The number of pyridine rings is 1. The monoisotopic (exact) mass is 343 g/mol. The number of aromatic nitrogens is 1. The predicted molar refractivity (Wildman–Crippen MR) is 80.8 cm³/mol. The highest BCUT2D eigenvalue weighted by atomic mass is 35.5. The van der Waals surface area contributed by atoms with Gasteiger partial charge in [0, 0.05) is 37.5 Å². The smallest absolute Gasteiger partial charge is 0.160 e. The van der Waals surface area contributed by atoms with E-state index in [-0.39, 0.29) is 19.8 Å². The molecule has 3 aliphatic heterocycles. The van der Waals surface area contributed by atoms with Gasteiger partial charge in [-0.2, -0.15) is 0 Å². The summed E-state index contributed by atoms with van der Waals surface area (Å²) in [4.78, 5) is 4.48. The van der Waals surface area contributed by atoms with Crippen LogP contribution in [0.3, 0.4) is 0 Å². The number of alkyl halides is 1. The Hall–Kier alpha value is -0.950. The summed E-state index contributed by atoms with van der Waals surface area (Å²) in [5.41, 5.74) is 0.0508. The van der Waals surface area contributed by atoms with Gasteiger partial charge >= 0.3 is 0 Å². The van der Waals surface area contributed by atoms with Gasteiger partial charge in [0.05, 0.1) is 38.7 Å². The fourth-order valence-corrected chi connectivity index (χ4v) is 3.52. The molecule has 126 valence electrons. The second-order valence-corrected chi connectivity index (χ2v) is 6.80. The highest BCUT2D eigenvalue weighted by Gasteiger charge is 2.44. The van der Waals surface area contributed by atoms with Crippen LogP contribution in [0.25, 0.3) is 0 Å². The lowest BCUT2D eigenvalue weighted by Crippen LogP contribution is -2.46. The Kier molecular flexibility index (Phi) is 3.96. The zero-order valence-electron chi connectivity index (χ0n) is 12.8. The van der Waals surface area contributed by atoms with Crippen molar-refractivity contribution in [1.29, 1.82) is 0 Å². The molecule has 0 bridgehead atoms. The molecule has 1 unspecified atom stereocenters. The average molecular weight is 344 g/mol. The van der Waals surface area contributed by atoms with Crippen LogP contribution < -0.4 is 4.74 Å². The van der Waals surface area contributed by atoms with Gasteiger partial charge in [-0.05, 0) is 0 Å². The van der Waals surface area contributed by atoms with Crippen molar-refractivity contribution < 1.29 is 23.3 Å². The summed E-state index contributed by atoms with van der Waals surface area (Å²) in [6.07, 6.45) is 1.78. The Morgan fingerprint density at radius 2 is 2.13 bits per heavy atom. The Labute approximate surface area is 139 Å². The largest absolute Gasteiger partial charge is 0.493 e. The van der Waals surface area contributed by atoms with Crippen LogP contribution >= 0.6 is 11.6 Å². The molecule has 7 heteroatoms. The first-order valence-corrected chi connectivity index (χ1v) is 8.29. The molecule has 0 aromatic carbocycles. The van der Waals surface area contributed by atoms with Crippen LogP contribution in [0.15, 0.2) is 6.07 Å². The molecule has 1 aromatic rings. The van der Waals surface area contributed by atoms with Crippen molar-refractivity contribution in [3.05, 3.63) is 22.5 Å². The van der Waals surface area contributed by atoms with E-state index in [2.05, 4.69) is 4.98 Å². The van der Waals surface area contributed by atoms with E-state index in [4.69, 9.17) is 30.5 Å². The normalized spacial score (nSPS) is 28.4. The predicted octanol–water partition coefficient (Wildman–Crippen LogP) is 2.43. The lowest BCUT2D eigenvalue weighted by molar-refractivity contribution is -0.136. The summed E-state index contributed by atoms with van der Waals surface area (Å²) in [6, 6.07) is 1.71. The third-order valence-electron chi connectivity index (χ3n) is 4.73. The van der Waals surface area contributed by atoms with Crippen molar-refractivity contribution in [2.45, 2.75) is 30.5 Å². The van der Waals surface area contributed by atoms with Crippen molar-refractivity contribution in [2.24, 2.45) is 0 Å². The second kappa shape index (κ2) is 5.84. The minimum absolute atomic E-state index is 0.153. The van der Waals surface area contributed by atoms with E-state index in [1.807, 2.05) is 0 Å². The molecule has 23 heavy (non-hydrogen) atoms. The van der Waals surface area contributed by atoms with Gasteiger partial charge in [-0.25, -0.2) is 9.37 Å². The van der Waals surface area contributed by atoms with E-state index in [1.165, 1.54) is 0 Å². The first kappa shape index (κ1) is 15.6. The summed E-state index contributed by atoms with van der Waals surface area (Å²) >= 11 is 6.17. The molecule has 1 aromatic heterocycles. The molecule has 3 aliphatic rings. The fraction of sp³-hybridized carbons (Fsp3) is 0.688. The molecule has 5 nitrogen and oxygen atoms in total. The molecule has 0 amide bonds. The molecule has 1 spiro atoms. The number of fused-ring (bicyclic) bond motifs is 2. The molecule has 2 saturated heterocycles. The fourth-order valence-electron chi connectivity index (χ4n) is 3.34. The molecule has 0 radical (unpaired) electrons. The maximum Gasteiger partial charge on any atom is 0.160 e. The zero-order valence-corrected chi connectivity index (χ0v) is 13.5. The molecule has 1 atom stereocenters. The van der Waals surface area contributed by atoms with Crippen LogP contribution in [0.4, 0.5) is 4.39 Å². The Morgan fingerprint density at radius 1 is 1.26 bits per heavy atom. The van der Waals surface area contributed by atoms with Gasteiger partial charge in [0.15, 0.2) is 5.67 Å².